The number of alkyl halides is 3. The van der Waals surface area contributed by atoms with Crippen molar-refractivity contribution in [3.05, 3.63) is 76.5 Å². The number of carbonyl (C=O) groups excluding carboxylic acids is 1. The number of benzene rings is 1. The standard InChI is InChI=1S/C23H20ClF3N4O2/c1-13-19(11-28-14(2)30-13)33-12-22(15-4-3-5-16(8-15)23(25,26)27)9-18(22)21(32)31-20-7-6-17(24)10-29-20/h3-8,10-11,18H,9,12H2,1-2H3,(H,29,31,32). The van der Waals surface area contributed by atoms with Gasteiger partial charge in [0.15, 0.2) is 5.75 Å². The molecule has 1 aromatic carbocycles. The molecule has 1 N–H and O–H groups in total. The second-order valence-corrected chi connectivity index (χ2v) is 8.43. The molecule has 4 rings (SSSR count). The zero-order valence-corrected chi connectivity index (χ0v) is 18.5. The molecule has 172 valence electrons. The molecule has 0 bridgehead atoms. The average molecular weight is 477 g/mol. The molecule has 1 aliphatic carbocycles. The second kappa shape index (κ2) is 8.62. The summed E-state index contributed by atoms with van der Waals surface area (Å²) in [6.45, 7) is 3.49. The first-order valence-electron chi connectivity index (χ1n) is 10.1. The van der Waals surface area contributed by atoms with Gasteiger partial charge in [0.2, 0.25) is 5.91 Å². The first kappa shape index (κ1) is 23.0. The highest BCUT2D eigenvalue weighted by atomic mass is 35.5. The van der Waals surface area contributed by atoms with Crippen LogP contribution in [0.15, 0.2) is 48.8 Å². The van der Waals surface area contributed by atoms with E-state index >= 15 is 0 Å². The van der Waals surface area contributed by atoms with Crippen molar-refractivity contribution in [2.45, 2.75) is 31.9 Å². The highest BCUT2D eigenvalue weighted by Gasteiger charge is 2.60. The van der Waals surface area contributed by atoms with Gasteiger partial charge in [0, 0.05) is 11.6 Å². The summed E-state index contributed by atoms with van der Waals surface area (Å²) in [5, 5.41) is 3.12. The fraction of sp³-hybridized carbons (Fsp3) is 0.304. The number of hydrogen-bond acceptors (Lipinski definition) is 5. The molecule has 0 radical (unpaired) electrons. The maximum atomic E-state index is 13.3. The predicted octanol–water partition coefficient (Wildman–Crippen LogP) is 5.14. The van der Waals surface area contributed by atoms with Crippen molar-refractivity contribution >= 4 is 23.3 Å². The van der Waals surface area contributed by atoms with Crippen molar-refractivity contribution in [2.24, 2.45) is 5.92 Å². The third-order valence-corrected chi connectivity index (χ3v) is 5.90. The monoisotopic (exact) mass is 476 g/mol. The molecule has 1 aliphatic rings. The number of nitrogens with zero attached hydrogens (tertiary/aromatic N) is 3. The Morgan fingerprint density at radius 2 is 2.00 bits per heavy atom. The Bertz CT molecular complexity index is 1190. The van der Waals surface area contributed by atoms with Gasteiger partial charge in [-0.2, -0.15) is 13.2 Å². The number of aromatic nitrogens is 3. The molecule has 33 heavy (non-hydrogen) atoms. The summed E-state index contributed by atoms with van der Waals surface area (Å²) >= 11 is 5.83. The molecule has 2 aromatic heterocycles. The van der Waals surface area contributed by atoms with Crippen molar-refractivity contribution in [1.82, 2.24) is 15.0 Å². The van der Waals surface area contributed by atoms with Crippen LogP contribution in [-0.2, 0) is 16.4 Å². The van der Waals surface area contributed by atoms with Crippen LogP contribution in [0.1, 0.15) is 29.1 Å². The molecule has 2 atom stereocenters. The minimum atomic E-state index is -4.50. The van der Waals surface area contributed by atoms with Gasteiger partial charge in [-0.15, -0.1) is 0 Å². The first-order chi connectivity index (χ1) is 15.6. The number of anilines is 1. The lowest BCUT2D eigenvalue weighted by atomic mass is 9.92. The summed E-state index contributed by atoms with van der Waals surface area (Å²) in [6, 6.07) is 8.15. The molecule has 6 nitrogen and oxygen atoms in total. The van der Waals surface area contributed by atoms with Gasteiger partial charge >= 0.3 is 6.18 Å². The largest absolute Gasteiger partial charge is 0.489 e. The number of hydrogen-bond donors (Lipinski definition) is 1. The molecule has 1 fully saturated rings. The number of carbonyl (C=O) groups is 1. The van der Waals surface area contributed by atoms with E-state index in [2.05, 4.69) is 20.3 Å². The lowest BCUT2D eigenvalue weighted by Crippen LogP contribution is -2.27. The van der Waals surface area contributed by atoms with Crippen LogP contribution in [-0.4, -0.2) is 27.5 Å². The summed E-state index contributed by atoms with van der Waals surface area (Å²) in [7, 11) is 0. The molecule has 0 saturated heterocycles. The summed E-state index contributed by atoms with van der Waals surface area (Å²) in [5.41, 5.74) is -0.727. The van der Waals surface area contributed by atoms with Gasteiger partial charge in [-0.3, -0.25) is 4.79 Å². The highest BCUT2D eigenvalue weighted by Crippen LogP contribution is 2.55. The van der Waals surface area contributed by atoms with E-state index in [1.165, 1.54) is 18.5 Å². The molecule has 0 aliphatic heterocycles. The second-order valence-electron chi connectivity index (χ2n) is 8.00. The molecular formula is C23H20ClF3N4O2. The van der Waals surface area contributed by atoms with Crippen LogP contribution in [0.2, 0.25) is 5.02 Å². The van der Waals surface area contributed by atoms with E-state index in [0.717, 1.165) is 12.1 Å². The molecule has 10 heteroatoms. The summed E-state index contributed by atoms with van der Waals surface area (Å²) in [5.74, 6) is 0.328. The molecule has 1 amide bonds. The Labute approximate surface area is 193 Å². The number of nitrogens with one attached hydrogen (secondary N) is 1. The molecule has 1 saturated carbocycles. The topological polar surface area (TPSA) is 77.0 Å². The number of aryl methyl sites for hydroxylation is 2. The van der Waals surface area contributed by atoms with Crippen molar-refractivity contribution < 1.29 is 22.7 Å². The third kappa shape index (κ3) is 4.93. The SMILES string of the molecule is Cc1ncc(OCC2(c3cccc(C(F)(F)F)c3)CC2C(=O)Nc2ccc(Cl)cn2)c(C)n1. The fourth-order valence-corrected chi connectivity index (χ4v) is 3.91. The number of amides is 1. The van der Waals surface area contributed by atoms with Crippen molar-refractivity contribution in [2.75, 3.05) is 11.9 Å². The van der Waals surface area contributed by atoms with Crippen LogP contribution in [0, 0.1) is 19.8 Å². The van der Waals surface area contributed by atoms with E-state index in [0.29, 0.717) is 40.1 Å². The van der Waals surface area contributed by atoms with E-state index in [4.69, 9.17) is 16.3 Å². The Hall–Kier alpha value is -3.20. The Balaban J connectivity index is 1.62. The number of ether oxygens (including phenoxy) is 1. The Morgan fingerprint density at radius 3 is 2.67 bits per heavy atom. The molecule has 2 heterocycles. The quantitative estimate of drug-likeness (QED) is 0.533. The maximum Gasteiger partial charge on any atom is 0.416 e. The van der Waals surface area contributed by atoms with Gasteiger partial charge in [0.1, 0.15) is 11.6 Å². The fourth-order valence-electron chi connectivity index (χ4n) is 3.80. The van der Waals surface area contributed by atoms with Gasteiger partial charge in [0.05, 0.1) is 35.0 Å². The van der Waals surface area contributed by atoms with E-state index in [9.17, 15) is 18.0 Å². The van der Waals surface area contributed by atoms with Gasteiger partial charge in [0.25, 0.3) is 0 Å². The van der Waals surface area contributed by atoms with Crippen molar-refractivity contribution in [1.29, 1.82) is 0 Å². The van der Waals surface area contributed by atoms with E-state index < -0.39 is 23.1 Å². The smallest absolute Gasteiger partial charge is 0.416 e. The third-order valence-electron chi connectivity index (χ3n) is 5.68. The number of pyridine rings is 1. The van der Waals surface area contributed by atoms with Crippen LogP contribution in [0.5, 0.6) is 5.75 Å². The molecular weight excluding hydrogens is 457 g/mol. The maximum absolute atomic E-state index is 13.3. The molecule has 0 spiro atoms. The van der Waals surface area contributed by atoms with Gasteiger partial charge in [-0.05, 0) is 44.0 Å². The van der Waals surface area contributed by atoms with Crippen LogP contribution in [0.25, 0.3) is 0 Å². The minimum Gasteiger partial charge on any atom is -0.489 e. The van der Waals surface area contributed by atoms with Crippen LogP contribution < -0.4 is 10.1 Å². The van der Waals surface area contributed by atoms with Crippen LogP contribution in [0.4, 0.5) is 19.0 Å². The van der Waals surface area contributed by atoms with Crippen LogP contribution in [0.3, 0.4) is 0 Å². The summed E-state index contributed by atoms with van der Waals surface area (Å²) in [6.07, 6.45) is -1.27. The van der Waals surface area contributed by atoms with Crippen molar-refractivity contribution in [3.8, 4) is 5.75 Å². The number of rotatable bonds is 6. The van der Waals surface area contributed by atoms with E-state index in [-0.39, 0.29) is 12.5 Å². The zero-order chi connectivity index (χ0) is 23.8. The van der Waals surface area contributed by atoms with E-state index in [1.807, 2.05) is 0 Å². The average Bonchev–Trinajstić information content (AvgIpc) is 3.50. The highest BCUT2D eigenvalue weighted by molar-refractivity contribution is 6.30. The predicted molar refractivity (Wildman–Crippen MR) is 116 cm³/mol. The van der Waals surface area contributed by atoms with E-state index in [1.54, 1.807) is 32.0 Å². The lowest BCUT2D eigenvalue weighted by molar-refractivity contribution is -0.137. The summed E-state index contributed by atoms with van der Waals surface area (Å²) in [4.78, 5) is 25.4. The Kier molecular flexibility index (Phi) is 6.00. The zero-order valence-electron chi connectivity index (χ0n) is 17.8. The van der Waals surface area contributed by atoms with Gasteiger partial charge in [-0.25, -0.2) is 15.0 Å². The minimum absolute atomic E-state index is 0.00625. The molecule has 2 unspecified atom stereocenters. The lowest BCUT2D eigenvalue weighted by Gasteiger charge is -2.21. The van der Waals surface area contributed by atoms with Crippen LogP contribution >= 0.6 is 11.6 Å². The summed E-state index contributed by atoms with van der Waals surface area (Å²) < 4.78 is 46.0. The number of halogens is 4. The van der Waals surface area contributed by atoms with Gasteiger partial charge < -0.3 is 10.1 Å². The normalized spacial score (nSPS) is 19.8. The first-order valence-corrected chi connectivity index (χ1v) is 10.5. The molecule has 3 aromatic rings. The van der Waals surface area contributed by atoms with Crippen molar-refractivity contribution in [3.63, 3.8) is 0 Å². The van der Waals surface area contributed by atoms with Gasteiger partial charge in [-0.1, -0.05) is 29.8 Å². The Morgan fingerprint density at radius 1 is 1.21 bits per heavy atom.